The first-order chi connectivity index (χ1) is 15.6. The Morgan fingerprint density at radius 2 is 1.82 bits per heavy atom. The number of benzene rings is 2. The fraction of sp³-hybridized carbons (Fsp3) is 0.375. The summed E-state index contributed by atoms with van der Waals surface area (Å²) in [7, 11) is -1.31. The molecule has 2 N–H and O–H groups in total. The highest BCUT2D eigenvalue weighted by Gasteiger charge is 2.54. The second kappa shape index (κ2) is 8.64. The second-order valence-electron chi connectivity index (χ2n) is 9.79. The van der Waals surface area contributed by atoms with Crippen LogP contribution in [0.3, 0.4) is 0 Å². The Kier molecular flexibility index (Phi) is 6.02. The van der Waals surface area contributed by atoms with Crippen LogP contribution in [0.5, 0.6) is 5.75 Å². The molecular formula is C24H29N3O5Si. The van der Waals surface area contributed by atoms with Gasteiger partial charge in [-0.1, -0.05) is 56.0 Å². The minimum absolute atomic E-state index is 0.00797. The van der Waals surface area contributed by atoms with Crippen molar-refractivity contribution in [1.29, 1.82) is 0 Å². The molecule has 0 aromatic heterocycles. The van der Waals surface area contributed by atoms with E-state index >= 15 is 0 Å². The lowest BCUT2D eigenvalue weighted by atomic mass is 9.89. The van der Waals surface area contributed by atoms with Crippen molar-refractivity contribution < 1.29 is 24.2 Å². The van der Waals surface area contributed by atoms with E-state index < -0.39 is 25.6 Å². The lowest BCUT2D eigenvalue weighted by Crippen LogP contribution is -2.52. The van der Waals surface area contributed by atoms with E-state index in [1.165, 1.54) is 17.0 Å². The minimum atomic E-state index is -1.42. The van der Waals surface area contributed by atoms with E-state index in [1.807, 2.05) is 6.07 Å². The summed E-state index contributed by atoms with van der Waals surface area (Å²) in [5.74, 6) is -0.727. The Bertz CT molecular complexity index is 1090. The highest BCUT2D eigenvalue weighted by atomic mass is 28.3. The third kappa shape index (κ3) is 4.51. The predicted molar refractivity (Wildman–Crippen MR) is 125 cm³/mol. The first-order valence-electron chi connectivity index (χ1n) is 11.0. The molecular weight excluding hydrogens is 438 g/mol. The number of aromatic hydroxyl groups is 1. The first-order valence-corrected chi connectivity index (χ1v) is 14.7. The van der Waals surface area contributed by atoms with Gasteiger partial charge >= 0.3 is 6.03 Å². The van der Waals surface area contributed by atoms with Crippen LogP contribution in [0.1, 0.15) is 21.5 Å². The molecule has 0 bridgehead atoms. The summed E-state index contributed by atoms with van der Waals surface area (Å²) in [6.07, 6.45) is 0. The molecule has 0 radical (unpaired) electrons. The standard InChI is InChI=1S/C24H29N3O5Si/c1-33(2,3)12-11-32-16-27-22(30)24(25-23(27)31,18-7-5-4-6-8-18)15-26-14-17-9-10-19(28)13-20(17)21(26)29/h4-10,13,28H,11-12,14-16H2,1-3H3,(H,25,31)/t24-/m0/s1. The smallest absolute Gasteiger partial charge is 0.327 e. The van der Waals surface area contributed by atoms with Gasteiger partial charge in [-0.2, -0.15) is 0 Å². The highest BCUT2D eigenvalue weighted by molar-refractivity contribution is 6.76. The average molecular weight is 468 g/mol. The summed E-state index contributed by atoms with van der Waals surface area (Å²) in [4.78, 5) is 42.2. The van der Waals surface area contributed by atoms with Crippen molar-refractivity contribution in [3.05, 3.63) is 65.2 Å². The van der Waals surface area contributed by atoms with Crippen LogP contribution in [-0.2, 0) is 21.6 Å². The number of imide groups is 1. The van der Waals surface area contributed by atoms with E-state index in [4.69, 9.17) is 4.74 Å². The molecule has 1 atom stereocenters. The fourth-order valence-electron chi connectivity index (χ4n) is 4.16. The lowest BCUT2D eigenvalue weighted by Gasteiger charge is -2.31. The topological polar surface area (TPSA) is 99.2 Å². The van der Waals surface area contributed by atoms with Gasteiger partial charge < -0.3 is 20.1 Å². The molecule has 0 saturated carbocycles. The zero-order valence-electron chi connectivity index (χ0n) is 19.1. The third-order valence-corrected chi connectivity index (χ3v) is 7.76. The Labute approximate surface area is 194 Å². The number of rotatable bonds is 8. The maximum atomic E-state index is 13.6. The van der Waals surface area contributed by atoms with Crippen LogP contribution in [0.4, 0.5) is 4.79 Å². The van der Waals surface area contributed by atoms with Crippen LogP contribution in [0.25, 0.3) is 0 Å². The number of phenols is 1. The molecule has 1 fully saturated rings. The number of carbonyl (C=O) groups excluding carboxylic acids is 3. The van der Waals surface area contributed by atoms with E-state index in [9.17, 15) is 19.5 Å². The first kappa shape index (κ1) is 23.0. The van der Waals surface area contributed by atoms with Crippen molar-refractivity contribution >= 4 is 25.9 Å². The number of amides is 4. The molecule has 2 aliphatic heterocycles. The zero-order valence-corrected chi connectivity index (χ0v) is 20.1. The van der Waals surface area contributed by atoms with E-state index in [2.05, 4.69) is 25.0 Å². The van der Waals surface area contributed by atoms with Gasteiger partial charge in [0.2, 0.25) is 0 Å². The molecule has 2 aromatic carbocycles. The van der Waals surface area contributed by atoms with Crippen molar-refractivity contribution in [1.82, 2.24) is 15.1 Å². The molecule has 4 rings (SSSR count). The molecule has 2 aliphatic rings. The van der Waals surface area contributed by atoms with E-state index in [0.717, 1.165) is 16.5 Å². The molecule has 8 nitrogen and oxygen atoms in total. The Morgan fingerprint density at radius 1 is 1.09 bits per heavy atom. The number of urea groups is 1. The van der Waals surface area contributed by atoms with Crippen molar-refractivity contribution in [2.24, 2.45) is 0 Å². The van der Waals surface area contributed by atoms with Gasteiger partial charge in [-0.05, 0) is 29.3 Å². The Hall–Kier alpha value is -3.17. The van der Waals surface area contributed by atoms with Crippen LogP contribution in [-0.4, -0.2) is 60.7 Å². The second-order valence-corrected chi connectivity index (χ2v) is 15.4. The predicted octanol–water partition coefficient (Wildman–Crippen LogP) is 3.11. The number of carbonyl (C=O) groups is 3. The van der Waals surface area contributed by atoms with Crippen LogP contribution >= 0.6 is 0 Å². The Morgan fingerprint density at radius 3 is 2.52 bits per heavy atom. The quantitative estimate of drug-likeness (QED) is 0.353. The number of hydrogen-bond donors (Lipinski definition) is 2. The maximum Gasteiger partial charge on any atom is 0.327 e. The summed E-state index contributed by atoms with van der Waals surface area (Å²) in [6, 6.07) is 14.0. The largest absolute Gasteiger partial charge is 0.508 e. The van der Waals surface area contributed by atoms with E-state index in [0.29, 0.717) is 24.3 Å². The van der Waals surface area contributed by atoms with Crippen molar-refractivity contribution in [3.63, 3.8) is 0 Å². The number of fused-ring (bicyclic) bond motifs is 1. The molecule has 0 unspecified atom stereocenters. The maximum absolute atomic E-state index is 13.6. The van der Waals surface area contributed by atoms with Gasteiger partial charge in [0, 0.05) is 26.8 Å². The van der Waals surface area contributed by atoms with Crippen LogP contribution in [0.15, 0.2) is 48.5 Å². The van der Waals surface area contributed by atoms with Gasteiger partial charge in [-0.3, -0.25) is 9.59 Å². The SMILES string of the molecule is C[Si](C)(C)CCOCN1C(=O)N[C@@](CN2Cc3ccc(O)cc3C2=O)(c2ccccc2)C1=O. The number of nitrogens with zero attached hydrogens (tertiary/aromatic N) is 2. The summed E-state index contributed by atoms with van der Waals surface area (Å²) in [6.45, 7) is 7.31. The van der Waals surface area contributed by atoms with Gasteiger partial charge in [-0.15, -0.1) is 0 Å². The zero-order chi connectivity index (χ0) is 23.8. The normalized spacial score (nSPS) is 20.4. The molecule has 174 valence electrons. The minimum Gasteiger partial charge on any atom is -0.508 e. The summed E-state index contributed by atoms with van der Waals surface area (Å²) in [5.41, 5.74) is 0.352. The number of phenolic OH excluding ortho intramolecular Hbond substituents is 1. The summed E-state index contributed by atoms with van der Waals surface area (Å²) < 4.78 is 5.69. The molecule has 4 amide bonds. The molecule has 0 spiro atoms. The van der Waals surface area contributed by atoms with Gasteiger partial charge in [0.1, 0.15) is 12.5 Å². The summed E-state index contributed by atoms with van der Waals surface area (Å²) in [5, 5.41) is 12.6. The lowest BCUT2D eigenvalue weighted by molar-refractivity contribution is -0.135. The molecule has 33 heavy (non-hydrogen) atoms. The van der Waals surface area contributed by atoms with Crippen LogP contribution < -0.4 is 5.32 Å². The van der Waals surface area contributed by atoms with Gasteiger partial charge in [0.05, 0.1) is 6.54 Å². The van der Waals surface area contributed by atoms with Crippen molar-refractivity contribution in [2.75, 3.05) is 19.9 Å². The fourth-order valence-corrected chi connectivity index (χ4v) is 4.91. The highest BCUT2D eigenvalue weighted by Crippen LogP contribution is 2.34. The van der Waals surface area contributed by atoms with E-state index in [1.54, 1.807) is 30.3 Å². The molecule has 2 aromatic rings. The van der Waals surface area contributed by atoms with Crippen molar-refractivity contribution in [3.8, 4) is 5.75 Å². The molecule has 0 aliphatic carbocycles. The monoisotopic (exact) mass is 467 g/mol. The average Bonchev–Trinajstić information content (AvgIpc) is 3.19. The van der Waals surface area contributed by atoms with Crippen LogP contribution in [0.2, 0.25) is 25.7 Å². The number of nitrogens with one attached hydrogen (secondary N) is 1. The molecule has 2 heterocycles. The third-order valence-electron chi connectivity index (χ3n) is 6.06. The molecule has 1 saturated heterocycles. The van der Waals surface area contributed by atoms with E-state index in [-0.39, 0.29) is 24.9 Å². The molecule has 9 heteroatoms. The van der Waals surface area contributed by atoms with Gasteiger partial charge in [0.25, 0.3) is 11.8 Å². The summed E-state index contributed by atoms with van der Waals surface area (Å²) >= 11 is 0. The van der Waals surface area contributed by atoms with Crippen molar-refractivity contribution in [2.45, 2.75) is 37.8 Å². The van der Waals surface area contributed by atoms with Gasteiger partial charge in [-0.25, -0.2) is 9.69 Å². The van der Waals surface area contributed by atoms with Gasteiger partial charge in [0.15, 0.2) is 5.54 Å². The number of hydrogen-bond acceptors (Lipinski definition) is 5. The number of ether oxygens (including phenoxy) is 1. The van der Waals surface area contributed by atoms with Crippen LogP contribution in [0, 0.1) is 0 Å². The Balaban J connectivity index is 1.58.